The maximum Gasteiger partial charge on any atom is 0.335 e. The zero-order valence-electron chi connectivity index (χ0n) is 14.2. The average molecular weight is 385 g/mol. The Morgan fingerprint density at radius 1 is 1.04 bits per heavy atom. The predicted octanol–water partition coefficient (Wildman–Crippen LogP) is 3.06. The first-order chi connectivity index (χ1) is 12.7. The number of aliphatic hydroxyl groups is 1. The molecule has 2 N–H and O–H groups in total. The first kappa shape index (κ1) is 18.4. The van der Waals surface area contributed by atoms with E-state index in [9.17, 15) is 28.2 Å². The summed E-state index contributed by atoms with van der Waals surface area (Å²) in [5, 5.41) is 19.7. The van der Waals surface area contributed by atoms with Crippen molar-refractivity contribution in [1.82, 2.24) is 3.97 Å². The number of ketones is 1. The molecule has 0 atom stereocenters. The van der Waals surface area contributed by atoms with E-state index in [-0.39, 0.29) is 26.9 Å². The van der Waals surface area contributed by atoms with E-state index < -0.39 is 27.5 Å². The third-order valence-corrected chi connectivity index (χ3v) is 5.62. The van der Waals surface area contributed by atoms with Gasteiger partial charge < -0.3 is 10.2 Å². The number of carbonyl (C=O) groups excluding carboxylic acids is 1. The van der Waals surface area contributed by atoms with Gasteiger partial charge in [0, 0.05) is 23.2 Å². The molecule has 1 aromatic heterocycles. The van der Waals surface area contributed by atoms with E-state index in [1.807, 2.05) is 0 Å². The van der Waals surface area contributed by atoms with Crippen molar-refractivity contribution in [3.63, 3.8) is 0 Å². The van der Waals surface area contributed by atoms with Crippen LogP contribution >= 0.6 is 0 Å². The van der Waals surface area contributed by atoms with Gasteiger partial charge in [-0.3, -0.25) is 4.79 Å². The molecule has 0 radical (unpaired) electrons. The molecule has 2 aromatic carbocycles. The molecule has 0 saturated heterocycles. The second-order valence-corrected chi connectivity index (χ2v) is 7.65. The summed E-state index contributed by atoms with van der Waals surface area (Å²) in [6, 6.07) is 11.6. The van der Waals surface area contributed by atoms with Crippen molar-refractivity contribution in [2.24, 2.45) is 0 Å². The lowest BCUT2D eigenvalue weighted by molar-refractivity contribution is -0.112. The van der Waals surface area contributed by atoms with Crippen LogP contribution in [0.2, 0.25) is 0 Å². The highest BCUT2D eigenvalue weighted by Crippen LogP contribution is 2.30. The Balaban J connectivity index is 2.35. The Morgan fingerprint density at radius 3 is 2.30 bits per heavy atom. The molecule has 1 heterocycles. The van der Waals surface area contributed by atoms with Crippen LogP contribution in [0, 0.1) is 0 Å². The molecule has 8 heteroatoms. The molecule has 0 fully saturated rings. The van der Waals surface area contributed by atoms with Crippen LogP contribution in [-0.4, -0.2) is 34.4 Å². The minimum Gasteiger partial charge on any atom is -0.507 e. The predicted molar refractivity (Wildman–Crippen MR) is 99.2 cm³/mol. The van der Waals surface area contributed by atoms with Crippen LogP contribution in [0.25, 0.3) is 16.7 Å². The number of rotatable bonds is 5. The number of fused-ring (bicyclic) bond motifs is 1. The summed E-state index contributed by atoms with van der Waals surface area (Å²) < 4.78 is 27.0. The minimum absolute atomic E-state index is 0.0331. The van der Waals surface area contributed by atoms with Crippen LogP contribution in [0.1, 0.15) is 22.8 Å². The van der Waals surface area contributed by atoms with Crippen LogP contribution in [-0.2, 0) is 14.8 Å². The van der Waals surface area contributed by atoms with Crippen molar-refractivity contribution in [3.8, 4) is 0 Å². The molecule has 0 amide bonds. The Morgan fingerprint density at radius 2 is 1.70 bits per heavy atom. The van der Waals surface area contributed by atoms with Gasteiger partial charge in [0.2, 0.25) is 0 Å². The molecule has 138 valence electrons. The molecular weight excluding hydrogens is 370 g/mol. The number of carboxylic acids is 1. The van der Waals surface area contributed by atoms with Gasteiger partial charge in [-0.05, 0) is 37.3 Å². The summed E-state index contributed by atoms with van der Waals surface area (Å²) in [6.07, 6.45) is 2.12. The van der Waals surface area contributed by atoms with Crippen LogP contribution in [0.4, 0.5) is 0 Å². The zero-order chi connectivity index (χ0) is 19.8. The molecule has 27 heavy (non-hydrogen) atoms. The highest BCUT2D eigenvalue weighted by atomic mass is 32.2. The zero-order valence-corrected chi connectivity index (χ0v) is 15.0. The normalized spacial score (nSPS) is 12.3. The molecule has 0 aliphatic carbocycles. The molecule has 0 aliphatic rings. The molecule has 3 aromatic rings. The van der Waals surface area contributed by atoms with E-state index in [0.29, 0.717) is 0 Å². The Labute approximate surface area is 154 Å². The Kier molecular flexibility index (Phi) is 4.59. The molecule has 7 nitrogen and oxygen atoms in total. The van der Waals surface area contributed by atoms with Crippen molar-refractivity contribution in [1.29, 1.82) is 0 Å². The van der Waals surface area contributed by atoms with Gasteiger partial charge in [-0.25, -0.2) is 17.2 Å². The monoisotopic (exact) mass is 385 g/mol. The second-order valence-electron chi connectivity index (χ2n) is 5.83. The van der Waals surface area contributed by atoms with Crippen LogP contribution < -0.4 is 0 Å². The van der Waals surface area contributed by atoms with E-state index in [4.69, 9.17) is 0 Å². The van der Waals surface area contributed by atoms with Gasteiger partial charge in [0.15, 0.2) is 5.78 Å². The first-order valence-corrected chi connectivity index (χ1v) is 9.26. The highest BCUT2D eigenvalue weighted by Gasteiger charge is 2.23. The largest absolute Gasteiger partial charge is 0.507 e. The third kappa shape index (κ3) is 3.34. The second kappa shape index (κ2) is 6.73. The number of hydrogen-bond acceptors (Lipinski definition) is 5. The lowest BCUT2D eigenvalue weighted by Crippen LogP contribution is -2.11. The fourth-order valence-electron chi connectivity index (χ4n) is 2.71. The smallest absolute Gasteiger partial charge is 0.335 e. The van der Waals surface area contributed by atoms with Gasteiger partial charge in [0.05, 0.1) is 16.0 Å². The highest BCUT2D eigenvalue weighted by molar-refractivity contribution is 7.90. The van der Waals surface area contributed by atoms with Crippen molar-refractivity contribution in [2.75, 3.05) is 0 Å². The number of aromatic carboxylic acids is 1. The van der Waals surface area contributed by atoms with Gasteiger partial charge in [0.1, 0.15) is 5.76 Å². The van der Waals surface area contributed by atoms with Crippen LogP contribution in [0.5, 0.6) is 0 Å². The number of carboxylic acid groups (broad SMARTS) is 1. The van der Waals surface area contributed by atoms with Gasteiger partial charge in [-0.1, -0.05) is 18.2 Å². The van der Waals surface area contributed by atoms with Gasteiger partial charge in [0.25, 0.3) is 10.0 Å². The van der Waals surface area contributed by atoms with Crippen molar-refractivity contribution in [2.45, 2.75) is 11.8 Å². The van der Waals surface area contributed by atoms with Crippen LogP contribution in [0.3, 0.4) is 0 Å². The minimum atomic E-state index is -3.99. The summed E-state index contributed by atoms with van der Waals surface area (Å²) in [4.78, 5) is 22.6. The van der Waals surface area contributed by atoms with Gasteiger partial charge in [-0.2, -0.15) is 0 Å². The topological polar surface area (TPSA) is 114 Å². The van der Waals surface area contributed by atoms with Crippen molar-refractivity contribution >= 4 is 38.4 Å². The summed E-state index contributed by atoms with van der Waals surface area (Å²) >= 11 is 0. The number of aliphatic hydroxyl groups excluding tert-OH is 1. The summed E-state index contributed by atoms with van der Waals surface area (Å²) in [5.74, 6) is -2.08. The van der Waals surface area contributed by atoms with E-state index in [2.05, 4.69) is 0 Å². The summed E-state index contributed by atoms with van der Waals surface area (Å²) in [7, 11) is -3.99. The van der Waals surface area contributed by atoms with E-state index in [1.165, 1.54) is 43.5 Å². The summed E-state index contributed by atoms with van der Waals surface area (Å²) in [5.41, 5.74) is 0.152. The van der Waals surface area contributed by atoms with Crippen LogP contribution in [0.15, 0.2) is 65.7 Å². The molecule has 0 bridgehead atoms. The fraction of sp³-hybridized carbons (Fsp3) is 0.0526. The van der Waals surface area contributed by atoms with E-state index in [0.717, 1.165) is 10.0 Å². The van der Waals surface area contributed by atoms with Gasteiger partial charge in [-0.15, -0.1) is 0 Å². The molecule has 0 unspecified atom stereocenters. The first-order valence-electron chi connectivity index (χ1n) is 7.82. The third-order valence-electron chi connectivity index (χ3n) is 3.93. The molecule has 0 aliphatic heterocycles. The number of hydrogen-bond donors (Lipinski definition) is 2. The lowest BCUT2D eigenvalue weighted by Gasteiger charge is -2.07. The van der Waals surface area contributed by atoms with Crippen molar-refractivity contribution < 1.29 is 28.2 Å². The molecule has 0 saturated carbocycles. The number of aromatic nitrogens is 1. The fourth-order valence-corrected chi connectivity index (χ4v) is 4.10. The summed E-state index contributed by atoms with van der Waals surface area (Å²) in [6.45, 7) is 1.23. The molecular formula is C19H15NO6S. The SMILES string of the molecule is CC(=O)/C=C(\O)c1cn(S(=O)(=O)c2ccccc2)c2ccc(C(=O)O)cc12. The quantitative estimate of drug-likeness (QED) is 0.515. The number of nitrogens with zero attached hydrogens (tertiary/aromatic N) is 1. The van der Waals surface area contributed by atoms with E-state index >= 15 is 0 Å². The van der Waals surface area contributed by atoms with E-state index in [1.54, 1.807) is 18.2 Å². The van der Waals surface area contributed by atoms with Gasteiger partial charge >= 0.3 is 5.97 Å². The number of carbonyl (C=O) groups is 2. The lowest BCUT2D eigenvalue weighted by atomic mass is 10.1. The maximum atomic E-state index is 13.0. The Bertz CT molecular complexity index is 1190. The molecule has 0 spiro atoms. The standard InChI is InChI=1S/C19H15NO6S/c1-12(21)9-18(22)16-11-20(27(25,26)14-5-3-2-4-6-14)17-8-7-13(19(23)24)10-15(16)17/h2-11,22H,1H3,(H,23,24)/b18-9-. The maximum absolute atomic E-state index is 13.0. The number of benzene rings is 2. The van der Waals surface area contributed by atoms with Crippen molar-refractivity contribution in [3.05, 3.63) is 71.9 Å². The number of allylic oxidation sites excluding steroid dienone is 1. The average Bonchev–Trinajstić information content (AvgIpc) is 3.01. The molecule has 3 rings (SSSR count). The Hall–Kier alpha value is -3.39.